The first kappa shape index (κ1) is 22.4. The van der Waals surface area contributed by atoms with E-state index in [2.05, 4.69) is 50.4 Å². The molecule has 0 bridgehead atoms. The number of quaternary nitrogens is 1. The lowest BCUT2D eigenvalue weighted by Crippen LogP contribution is -3.10. The summed E-state index contributed by atoms with van der Waals surface area (Å²) in [5.74, 6) is -2.91. The number of ether oxygens (including phenoxy) is 1. The maximum absolute atomic E-state index is 9.74. The Kier molecular flexibility index (Phi) is 7.33. The molecule has 0 fully saturated rings. The van der Waals surface area contributed by atoms with Gasteiger partial charge in [-0.3, -0.25) is 0 Å². The van der Waals surface area contributed by atoms with E-state index < -0.39 is 24.1 Å². The van der Waals surface area contributed by atoms with Crippen LogP contribution in [-0.4, -0.2) is 66.2 Å². The average molecular weight is 403 g/mol. The second-order valence-electron chi connectivity index (χ2n) is 6.91. The normalized spacial score (nSPS) is 20.2. The van der Waals surface area contributed by atoms with Crippen molar-refractivity contribution < 1.29 is 39.7 Å². The second kappa shape index (κ2) is 9.51. The smallest absolute Gasteiger partial charge is 0.335 e. The molecule has 4 atom stereocenters. The molecule has 2 aromatic rings. The molecule has 29 heavy (non-hydrogen) atoms. The number of hydrogen-bond donors (Lipinski definition) is 4. The van der Waals surface area contributed by atoms with Crippen LogP contribution in [0, 0.1) is 0 Å². The zero-order chi connectivity index (χ0) is 21.7. The summed E-state index contributed by atoms with van der Waals surface area (Å²) in [5.41, 5.74) is 2.82. The molecule has 4 N–H and O–H groups in total. The van der Waals surface area contributed by atoms with E-state index >= 15 is 0 Å². The number of carboxylic acid groups (broad SMARTS) is 2. The van der Waals surface area contributed by atoms with Crippen molar-refractivity contribution in [2.75, 3.05) is 20.7 Å². The Morgan fingerprint density at radius 1 is 1.14 bits per heavy atom. The van der Waals surface area contributed by atoms with E-state index in [1.165, 1.54) is 21.9 Å². The standard InChI is InChI=1S/C17H19NO.C4H6O6/c1-12-17(8-9-18(12)2)15-5-4-14-11-16(19-3)7-6-13(14)10-15;5-1(3(7)8)2(6)4(9)10/h4-8,10-12H,9H2,1-3H3;1-2,5-6H,(H,7,8)(H,9,10). The average Bonchev–Trinajstić information content (AvgIpc) is 3.04. The molecule has 156 valence electrons. The zero-order valence-corrected chi connectivity index (χ0v) is 16.5. The molecular weight excluding hydrogens is 378 g/mol. The molecule has 0 aromatic heterocycles. The highest BCUT2D eigenvalue weighted by molar-refractivity contribution is 5.88. The Labute approximate surface area is 168 Å². The summed E-state index contributed by atoms with van der Waals surface area (Å²) in [4.78, 5) is 21.0. The highest BCUT2D eigenvalue weighted by Gasteiger charge is 2.25. The SMILES string of the molecule is COc1ccc2cc(C3=CC[NH+](C)C3C)ccc2c1.O=C([O-])C(O)C(O)C(=O)O. The number of hydrogen-bond acceptors (Lipinski definition) is 6. The van der Waals surface area contributed by atoms with Crippen LogP contribution in [0.3, 0.4) is 0 Å². The molecular formula is C21H25NO7. The van der Waals surface area contributed by atoms with Crippen LogP contribution in [0.5, 0.6) is 5.75 Å². The molecule has 2 aromatic carbocycles. The fraction of sp³-hybridized carbons (Fsp3) is 0.333. The van der Waals surface area contributed by atoms with Crippen LogP contribution >= 0.6 is 0 Å². The van der Waals surface area contributed by atoms with Crippen molar-refractivity contribution >= 4 is 28.3 Å². The van der Waals surface area contributed by atoms with Gasteiger partial charge in [0.15, 0.2) is 6.10 Å². The van der Waals surface area contributed by atoms with E-state index in [9.17, 15) is 14.7 Å². The molecule has 8 heteroatoms. The van der Waals surface area contributed by atoms with Crippen LogP contribution < -0.4 is 14.7 Å². The Morgan fingerprint density at radius 2 is 1.76 bits per heavy atom. The number of likely N-dealkylation sites (N-methyl/N-ethyl adjacent to an activating group) is 1. The van der Waals surface area contributed by atoms with E-state index in [4.69, 9.17) is 20.1 Å². The zero-order valence-electron chi connectivity index (χ0n) is 16.5. The van der Waals surface area contributed by atoms with Gasteiger partial charge in [0.2, 0.25) is 0 Å². The van der Waals surface area contributed by atoms with Gasteiger partial charge in [-0.25, -0.2) is 4.79 Å². The molecule has 3 rings (SSSR count). The van der Waals surface area contributed by atoms with Gasteiger partial charge in [-0.05, 0) is 47.5 Å². The van der Waals surface area contributed by atoms with Crippen molar-refractivity contribution in [3.8, 4) is 5.75 Å². The van der Waals surface area contributed by atoms with E-state index in [-0.39, 0.29) is 0 Å². The number of carbonyl (C=O) groups excluding carboxylic acids is 1. The predicted molar refractivity (Wildman–Crippen MR) is 104 cm³/mol. The van der Waals surface area contributed by atoms with Gasteiger partial charge >= 0.3 is 5.97 Å². The number of methoxy groups -OCH3 is 1. The number of aliphatic hydroxyl groups is 2. The third-order valence-electron chi connectivity index (χ3n) is 5.02. The number of carbonyl (C=O) groups is 2. The fourth-order valence-electron chi connectivity index (χ4n) is 3.05. The van der Waals surface area contributed by atoms with E-state index in [0.717, 1.165) is 12.3 Å². The van der Waals surface area contributed by atoms with E-state index in [1.807, 2.05) is 6.07 Å². The van der Waals surface area contributed by atoms with Crippen molar-refractivity contribution in [2.24, 2.45) is 0 Å². The van der Waals surface area contributed by atoms with Crippen molar-refractivity contribution in [2.45, 2.75) is 25.2 Å². The fourth-order valence-corrected chi connectivity index (χ4v) is 3.05. The lowest BCUT2D eigenvalue weighted by molar-refractivity contribution is -0.883. The molecule has 0 aliphatic carbocycles. The van der Waals surface area contributed by atoms with Gasteiger partial charge in [0.25, 0.3) is 0 Å². The molecule has 0 saturated carbocycles. The molecule has 1 heterocycles. The highest BCUT2D eigenvalue weighted by atomic mass is 16.5. The minimum atomic E-state index is -2.38. The monoisotopic (exact) mass is 403 g/mol. The number of rotatable bonds is 5. The van der Waals surface area contributed by atoms with Crippen LogP contribution in [0.1, 0.15) is 12.5 Å². The molecule has 0 amide bonds. The molecule has 0 spiro atoms. The third-order valence-corrected chi connectivity index (χ3v) is 5.02. The number of aliphatic carboxylic acids is 2. The Morgan fingerprint density at radius 3 is 2.24 bits per heavy atom. The summed E-state index contributed by atoms with van der Waals surface area (Å²) in [6.45, 7) is 3.42. The predicted octanol–water partition coefficient (Wildman–Crippen LogP) is -1.31. The first-order chi connectivity index (χ1) is 13.6. The van der Waals surface area contributed by atoms with Crippen LogP contribution in [0.15, 0.2) is 42.5 Å². The number of aliphatic hydroxyl groups excluding tert-OH is 2. The first-order valence-electron chi connectivity index (χ1n) is 9.06. The largest absolute Gasteiger partial charge is 0.547 e. The van der Waals surface area contributed by atoms with Gasteiger partial charge in [0, 0.05) is 5.57 Å². The second-order valence-corrected chi connectivity index (χ2v) is 6.91. The quantitative estimate of drug-likeness (QED) is 0.487. The maximum atomic E-state index is 9.74. The summed E-state index contributed by atoms with van der Waals surface area (Å²) in [5, 5.41) is 36.6. The number of nitrogens with one attached hydrogen (secondary N) is 1. The van der Waals surface area contributed by atoms with E-state index in [1.54, 1.807) is 12.0 Å². The van der Waals surface area contributed by atoms with Crippen LogP contribution in [0.2, 0.25) is 0 Å². The van der Waals surface area contributed by atoms with Gasteiger partial charge in [-0.2, -0.15) is 0 Å². The molecule has 0 radical (unpaired) electrons. The first-order valence-corrected chi connectivity index (χ1v) is 9.06. The number of fused-ring (bicyclic) bond motifs is 1. The lowest BCUT2D eigenvalue weighted by Gasteiger charge is -2.16. The third kappa shape index (κ3) is 5.32. The van der Waals surface area contributed by atoms with Gasteiger partial charge in [-0.15, -0.1) is 0 Å². The highest BCUT2D eigenvalue weighted by Crippen LogP contribution is 2.26. The van der Waals surface area contributed by atoms with Gasteiger partial charge in [0.05, 0.1) is 26.7 Å². The van der Waals surface area contributed by atoms with Crippen LogP contribution in [-0.2, 0) is 9.59 Å². The summed E-state index contributed by atoms with van der Waals surface area (Å²) in [6.07, 6.45) is -2.34. The molecule has 1 aliphatic heterocycles. The summed E-state index contributed by atoms with van der Waals surface area (Å²) < 4.78 is 5.27. The molecule has 8 nitrogen and oxygen atoms in total. The Balaban J connectivity index is 0.000000257. The van der Waals surface area contributed by atoms with Crippen molar-refractivity contribution in [1.82, 2.24) is 0 Å². The Hall–Kier alpha value is -2.94. The Bertz CT molecular complexity index is 906. The minimum Gasteiger partial charge on any atom is -0.547 e. The molecule has 1 aliphatic rings. The lowest BCUT2D eigenvalue weighted by atomic mass is 9.98. The molecule has 4 unspecified atom stereocenters. The van der Waals surface area contributed by atoms with Crippen molar-refractivity contribution in [1.29, 1.82) is 0 Å². The van der Waals surface area contributed by atoms with Crippen LogP contribution in [0.4, 0.5) is 0 Å². The molecule has 0 saturated heterocycles. The van der Waals surface area contributed by atoms with Crippen molar-refractivity contribution in [3.05, 3.63) is 48.0 Å². The maximum Gasteiger partial charge on any atom is 0.335 e. The summed E-state index contributed by atoms with van der Waals surface area (Å²) in [7, 11) is 3.96. The van der Waals surface area contributed by atoms with Gasteiger partial charge in [0.1, 0.15) is 17.9 Å². The van der Waals surface area contributed by atoms with Crippen LogP contribution in [0.25, 0.3) is 16.3 Å². The summed E-state index contributed by atoms with van der Waals surface area (Å²) >= 11 is 0. The topological polar surface area (TPSA) is 132 Å². The summed E-state index contributed by atoms with van der Waals surface area (Å²) in [6, 6.07) is 13.5. The van der Waals surface area contributed by atoms with Gasteiger partial charge < -0.3 is 34.9 Å². The minimum absolute atomic E-state index is 0.579. The van der Waals surface area contributed by atoms with Crippen molar-refractivity contribution in [3.63, 3.8) is 0 Å². The number of benzene rings is 2. The van der Waals surface area contributed by atoms with E-state index in [0.29, 0.717) is 6.04 Å². The number of carboxylic acids is 2. The van der Waals surface area contributed by atoms with Gasteiger partial charge in [-0.1, -0.05) is 18.2 Å².